The number of aromatic nitrogens is 1. The van der Waals surface area contributed by atoms with Crippen LogP contribution in [0.4, 0.5) is 4.39 Å². The van der Waals surface area contributed by atoms with Gasteiger partial charge in [0.05, 0.1) is 24.0 Å². The second-order valence-corrected chi connectivity index (χ2v) is 9.34. The van der Waals surface area contributed by atoms with Gasteiger partial charge in [0, 0.05) is 55.3 Å². The van der Waals surface area contributed by atoms with Crippen molar-refractivity contribution in [2.24, 2.45) is 11.8 Å². The Labute approximate surface area is 180 Å². The number of nitrogens with one attached hydrogen (secondary N) is 1. The summed E-state index contributed by atoms with van der Waals surface area (Å²) in [6, 6.07) is 3.94. The molecule has 2 aliphatic carbocycles. The second-order valence-electron chi connectivity index (χ2n) is 9.34. The topological polar surface area (TPSA) is 68.7 Å². The van der Waals surface area contributed by atoms with Gasteiger partial charge in [-0.05, 0) is 42.9 Å². The molecule has 6 nitrogen and oxygen atoms in total. The van der Waals surface area contributed by atoms with Gasteiger partial charge in [-0.3, -0.25) is 14.7 Å². The highest BCUT2D eigenvalue weighted by Gasteiger charge is 2.43. The van der Waals surface area contributed by atoms with Crippen molar-refractivity contribution < 1.29 is 14.3 Å². The minimum atomic E-state index is -0.759. The van der Waals surface area contributed by atoms with E-state index in [0.717, 1.165) is 42.8 Å². The van der Waals surface area contributed by atoms with Crippen LogP contribution in [0.2, 0.25) is 0 Å². The van der Waals surface area contributed by atoms with E-state index in [9.17, 15) is 9.18 Å². The molecule has 1 aromatic heterocycles. The molecule has 0 aromatic carbocycles. The van der Waals surface area contributed by atoms with Crippen LogP contribution in [0.15, 0.2) is 53.4 Å². The molecule has 6 rings (SSSR count). The third-order valence-electron chi connectivity index (χ3n) is 7.41. The van der Waals surface area contributed by atoms with Crippen LogP contribution in [0.5, 0.6) is 0 Å². The molecule has 0 spiro atoms. The Morgan fingerprint density at radius 2 is 2.26 bits per heavy atom. The molecule has 1 aromatic rings. The lowest BCUT2D eigenvalue weighted by atomic mass is 9.86. The maximum atomic E-state index is 15.0. The van der Waals surface area contributed by atoms with E-state index in [-0.39, 0.29) is 24.5 Å². The van der Waals surface area contributed by atoms with Crippen LogP contribution in [-0.4, -0.2) is 64.6 Å². The number of aliphatic carboxylic acids is 1. The van der Waals surface area contributed by atoms with Crippen molar-refractivity contribution in [2.75, 3.05) is 26.7 Å². The van der Waals surface area contributed by atoms with E-state index >= 15 is 0 Å². The predicted octanol–water partition coefficient (Wildman–Crippen LogP) is 2.64. The molecule has 160 valence electrons. The standard InChI is InChI=1S/C24H25FN4O2/c1-28-9-16-7-18(25)17-3-2-4-26-23(17)24-22(16)20(28)8-19(27-24)13-5-14-10-29(12-21(30)31)11-15(14)6-13/h2-5,7,9,14-15,19-20,27H,6,8,10-12H2,1H3,(H,30,31). The van der Waals surface area contributed by atoms with Gasteiger partial charge in [-0.25, -0.2) is 4.39 Å². The number of likely N-dealkylation sites (tertiary alicyclic amines) is 1. The molecule has 1 saturated heterocycles. The molecule has 4 unspecified atom stereocenters. The first-order valence-electron chi connectivity index (χ1n) is 10.9. The van der Waals surface area contributed by atoms with Gasteiger partial charge >= 0.3 is 5.97 Å². The maximum Gasteiger partial charge on any atom is 0.317 e. The van der Waals surface area contributed by atoms with Crippen molar-refractivity contribution in [1.82, 2.24) is 20.1 Å². The summed E-state index contributed by atoms with van der Waals surface area (Å²) in [6.07, 6.45) is 9.68. The summed E-state index contributed by atoms with van der Waals surface area (Å²) >= 11 is 0. The van der Waals surface area contributed by atoms with E-state index in [1.54, 1.807) is 24.4 Å². The smallest absolute Gasteiger partial charge is 0.317 e. The summed E-state index contributed by atoms with van der Waals surface area (Å²) in [4.78, 5) is 19.9. The normalized spacial score (nSPS) is 31.3. The number of fused-ring (bicyclic) bond motifs is 3. The molecule has 31 heavy (non-hydrogen) atoms. The number of likely N-dealkylation sites (N-methyl/N-ethyl adjacent to an activating group) is 1. The van der Waals surface area contributed by atoms with Crippen LogP contribution >= 0.6 is 0 Å². The fourth-order valence-electron chi connectivity index (χ4n) is 6.09. The molecule has 0 bridgehead atoms. The Morgan fingerprint density at radius 1 is 1.39 bits per heavy atom. The van der Waals surface area contributed by atoms with Gasteiger partial charge in [0.2, 0.25) is 0 Å². The summed E-state index contributed by atoms with van der Waals surface area (Å²) in [6.45, 7) is 1.78. The van der Waals surface area contributed by atoms with Gasteiger partial charge in [-0.1, -0.05) is 11.6 Å². The fraction of sp³-hybridized carbons (Fsp3) is 0.417. The van der Waals surface area contributed by atoms with E-state index < -0.39 is 5.97 Å². The van der Waals surface area contributed by atoms with E-state index in [1.807, 2.05) is 11.1 Å². The van der Waals surface area contributed by atoms with Crippen LogP contribution < -0.4 is 5.32 Å². The number of halogens is 1. The van der Waals surface area contributed by atoms with Crippen LogP contribution in [0.3, 0.4) is 0 Å². The maximum absolute atomic E-state index is 15.0. The quantitative estimate of drug-likeness (QED) is 0.733. The van der Waals surface area contributed by atoms with Crippen molar-refractivity contribution in [1.29, 1.82) is 0 Å². The van der Waals surface area contributed by atoms with Gasteiger partial charge < -0.3 is 15.3 Å². The number of carboxylic acid groups (broad SMARTS) is 1. The number of nitrogens with zero attached hydrogens (tertiary/aromatic N) is 3. The molecular weight excluding hydrogens is 395 g/mol. The first-order chi connectivity index (χ1) is 15.0. The van der Waals surface area contributed by atoms with E-state index in [2.05, 4.69) is 28.3 Å². The molecular formula is C24H25FN4O2. The van der Waals surface area contributed by atoms with Crippen LogP contribution in [0, 0.1) is 11.8 Å². The van der Waals surface area contributed by atoms with Crippen molar-refractivity contribution >= 4 is 17.5 Å². The van der Waals surface area contributed by atoms with Crippen molar-refractivity contribution in [3.8, 4) is 0 Å². The highest BCUT2D eigenvalue weighted by molar-refractivity contribution is 5.85. The lowest BCUT2D eigenvalue weighted by Gasteiger charge is -2.36. The zero-order valence-electron chi connectivity index (χ0n) is 17.4. The monoisotopic (exact) mass is 420 g/mol. The van der Waals surface area contributed by atoms with E-state index in [4.69, 9.17) is 5.11 Å². The number of carboxylic acids is 1. The van der Waals surface area contributed by atoms with Crippen LogP contribution in [0.25, 0.3) is 11.5 Å². The summed E-state index contributed by atoms with van der Waals surface area (Å²) < 4.78 is 15.0. The first kappa shape index (κ1) is 18.8. The van der Waals surface area contributed by atoms with E-state index in [1.165, 1.54) is 5.57 Å². The van der Waals surface area contributed by atoms with Gasteiger partial charge in [0.25, 0.3) is 0 Å². The lowest BCUT2D eigenvalue weighted by molar-refractivity contribution is -0.138. The summed E-state index contributed by atoms with van der Waals surface area (Å²) in [5, 5.41) is 12.8. The van der Waals surface area contributed by atoms with Gasteiger partial charge in [0.15, 0.2) is 0 Å². The van der Waals surface area contributed by atoms with Crippen molar-refractivity contribution in [3.63, 3.8) is 0 Å². The fourth-order valence-corrected chi connectivity index (χ4v) is 6.09. The Kier molecular flexibility index (Phi) is 4.12. The summed E-state index contributed by atoms with van der Waals surface area (Å²) in [5.41, 5.74) is 5.63. The molecule has 4 heterocycles. The van der Waals surface area contributed by atoms with Gasteiger partial charge in [-0.2, -0.15) is 0 Å². The van der Waals surface area contributed by atoms with Crippen molar-refractivity contribution in [2.45, 2.75) is 24.9 Å². The molecule has 1 fully saturated rings. The number of rotatable bonds is 3. The van der Waals surface area contributed by atoms with Crippen molar-refractivity contribution in [3.05, 3.63) is 64.7 Å². The van der Waals surface area contributed by atoms with E-state index in [0.29, 0.717) is 23.1 Å². The summed E-state index contributed by atoms with van der Waals surface area (Å²) in [5.74, 6) is -0.102. The predicted molar refractivity (Wildman–Crippen MR) is 115 cm³/mol. The largest absolute Gasteiger partial charge is 0.480 e. The molecule has 4 atom stereocenters. The summed E-state index contributed by atoms with van der Waals surface area (Å²) in [7, 11) is 2.06. The molecule has 0 saturated carbocycles. The van der Waals surface area contributed by atoms with Gasteiger partial charge in [0.1, 0.15) is 5.83 Å². The third kappa shape index (κ3) is 2.94. The Hall–Kier alpha value is -2.93. The van der Waals surface area contributed by atoms with Crippen LogP contribution in [-0.2, 0) is 4.79 Å². The molecule has 3 aliphatic heterocycles. The Balaban J connectivity index is 1.32. The second kappa shape index (κ2) is 6.79. The third-order valence-corrected chi connectivity index (χ3v) is 7.41. The lowest BCUT2D eigenvalue weighted by Crippen LogP contribution is -2.43. The number of hydrogen-bond donors (Lipinski definition) is 2. The minimum absolute atomic E-state index is 0.121. The molecule has 0 amide bonds. The average molecular weight is 420 g/mol. The molecule has 7 heteroatoms. The molecule has 5 aliphatic rings. The number of carbonyl (C=O) groups is 1. The zero-order chi connectivity index (χ0) is 21.3. The number of hydrogen-bond acceptors (Lipinski definition) is 5. The highest BCUT2D eigenvalue weighted by Crippen LogP contribution is 2.46. The minimum Gasteiger partial charge on any atom is -0.480 e. The van der Waals surface area contributed by atoms with Crippen LogP contribution in [0.1, 0.15) is 24.1 Å². The number of allylic oxidation sites excluding steroid dienone is 1. The Morgan fingerprint density at radius 3 is 3.06 bits per heavy atom. The molecule has 2 N–H and O–H groups in total. The average Bonchev–Trinajstić information content (AvgIpc) is 3.36. The molecule has 0 radical (unpaired) electrons. The zero-order valence-corrected chi connectivity index (χ0v) is 17.4. The Bertz CT molecular complexity index is 1100. The first-order valence-corrected chi connectivity index (χ1v) is 10.9. The number of pyridine rings is 1. The SMILES string of the molecule is CN1C=C2C=C(F)c3cccnc3C3=C2C1CC(C1=CC2CN(CC(=O)O)CC2C1)N3. The highest BCUT2D eigenvalue weighted by atomic mass is 19.1. The van der Waals surface area contributed by atoms with Gasteiger partial charge in [-0.15, -0.1) is 0 Å².